The molecule has 2 nitrogen and oxygen atoms in total. The van der Waals surface area contributed by atoms with Crippen LogP contribution in [0.25, 0.3) is 10.8 Å². The molecule has 0 heterocycles. The zero-order valence-electron chi connectivity index (χ0n) is 7.70. The van der Waals surface area contributed by atoms with Crippen molar-refractivity contribution in [2.45, 2.75) is 6.54 Å². The Morgan fingerprint density at radius 2 is 2.07 bits per heavy atom. The van der Waals surface area contributed by atoms with Gasteiger partial charge in [0.1, 0.15) is 0 Å². The minimum absolute atomic E-state index is 0.531. The Kier molecular flexibility index (Phi) is 2.18. The second-order valence-electron chi connectivity index (χ2n) is 3.17. The number of fused-ring (bicyclic) bond motifs is 1. The first-order valence-corrected chi connectivity index (χ1v) is 4.47. The summed E-state index contributed by atoms with van der Waals surface area (Å²) in [5, 5.41) is 11.0. The summed E-state index contributed by atoms with van der Waals surface area (Å²) in [5.74, 6) is 0. The van der Waals surface area contributed by atoms with Gasteiger partial charge >= 0.3 is 0 Å². The first-order valence-electron chi connectivity index (χ1n) is 4.47. The summed E-state index contributed by atoms with van der Waals surface area (Å²) in [7, 11) is 0. The molecule has 0 atom stereocenters. The molecular weight excluding hydrogens is 172 g/mol. The van der Waals surface area contributed by atoms with E-state index in [2.05, 4.69) is 6.07 Å². The van der Waals surface area contributed by atoms with Crippen LogP contribution in [0.1, 0.15) is 11.1 Å². The Balaban J connectivity index is 2.75. The molecule has 0 saturated heterocycles. The first-order chi connectivity index (χ1) is 6.85. The zero-order valence-corrected chi connectivity index (χ0v) is 7.70. The molecule has 0 aliphatic rings. The minimum atomic E-state index is 0.531. The number of nitriles is 1. The molecule has 0 saturated carbocycles. The lowest BCUT2D eigenvalue weighted by atomic mass is 10.0. The van der Waals surface area contributed by atoms with Gasteiger partial charge in [0.25, 0.3) is 0 Å². The summed E-state index contributed by atoms with van der Waals surface area (Å²) < 4.78 is 0. The molecule has 2 heteroatoms. The van der Waals surface area contributed by atoms with E-state index in [1.165, 1.54) is 0 Å². The number of nitrogens with zero attached hydrogens (tertiary/aromatic N) is 1. The average Bonchev–Trinajstić information content (AvgIpc) is 2.27. The van der Waals surface area contributed by atoms with Gasteiger partial charge in [0, 0.05) is 6.54 Å². The van der Waals surface area contributed by atoms with Crippen LogP contribution in [-0.4, -0.2) is 0 Å². The molecule has 0 aliphatic carbocycles. The molecule has 2 rings (SSSR count). The highest BCUT2D eigenvalue weighted by atomic mass is 14.5. The second-order valence-corrected chi connectivity index (χ2v) is 3.17. The maximum absolute atomic E-state index is 8.75. The number of hydrogen-bond acceptors (Lipinski definition) is 2. The molecule has 0 amide bonds. The Hall–Kier alpha value is -1.85. The summed E-state index contributed by atoms with van der Waals surface area (Å²) in [6.45, 7) is 0.531. The van der Waals surface area contributed by atoms with E-state index in [1.54, 1.807) is 0 Å². The summed E-state index contributed by atoms with van der Waals surface area (Å²) >= 11 is 0. The van der Waals surface area contributed by atoms with Gasteiger partial charge in [-0.2, -0.15) is 5.26 Å². The fourth-order valence-corrected chi connectivity index (χ4v) is 1.60. The van der Waals surface area contributed by atoms with Gasteiger partial charge in [0.05, 0.1) is 11.6 Å². The first kappa shape index (κ1) is 8.74. The van der Waals surface area contributed by atoms with Gasteiger partial charge in [-0.05, 0) is 28.5 Å². The fraction of sp³-hybridized carbons (Fsp3) is 0.0833. The number of rotatable bonds is 1. The van der Waals surface area contributed by atoms with Gasteiger partial charge in [-0.15, -0.1) is 0 Å². The highest BCUT2D eigenvalue weighted by molar-refractivity contribution is 5.86. The van der Waals surface area contributed by atoms with Crippen molar-refractivity contribution in [3.8, 4) is 6.07 Å². The summed E-state index contributed by atoms with van der Waals surface area (Å²) in [4.78, 5) is 0. The SMILES string of the molecule is N#Cc1ccc2c(CN)cccc2c1. The van der Waals surface area contributed by atoms with E-state index in [0.717, 1.165) is 16.3 Å². The topological polar surface area (TPSA) is 49.8 Å². The van der Waals surface area contributed by atoms with E-state index in [9.17, 15) is 0 Å². The molecule has 2 N–H and O–H groups in total. The Morgan fingerprint density at radius 1 is 1.21 bits per heavy atom. The van der Waals surface area contributed by atoms with Crippen molar-refractivity contribution >= 4 is 10.8 Å². The zero-order chi connectivity index (χ0) is 9.97. The molecule has 0 bridgehead atoms. The fourth-order valence-electron chi connectivity index (χ4n) is 1.60. The van der Waals surface area contributed by atoms with E-state index in [0.29, 0.717) is 12.1 Å². The van der Waals surface area contributed by atoms with Crippen LogP contribution >= 0.6 is 0 Å². The third kappa shape index (κ3) is 1.34. The van der Waals surface area contributed by atoms with Crippen LogP contribution in [0.4, 0.5) is 0 Å². The molecule has 2 aromatic rings. The average molecular weight is 182 g/mol. The smallest absolute Gasteiger partial charge is 0.0991 e. The second kappa shape index (κ2) is 3.49. The molecule has 0 radical (unpaired) electrons. The van der Waals surface area contributed by atoms with E-state index in [-0.39, 0.29) is 0 Å². The van der Waals surface area contributed by atoms with Gasteiger partial charge in [0.15, 0.2) is 0 Å². The summed E-state index contributed by atoms with van der Waals surface area (Å²) in [6.07, 6.45) is 0. The van der Waals surface area contributed by atoms with E-state index in [4.69, 9.17) is 11.0 Å². The standard InChI is InChI=1S/C12H10N2/c13-7-9-4-5-12-10(6-9)2-1-3-11(12)8-14/h1-6H,8,14H2. The Morgan fingerprint density at radius 3 is 2.79 bits per heavy atom. The highest BCUT2D eigenvalue weighted by Crippen LogP contribution is 2.19. The monoisotopic (exact) mass is 182 g/mol. The molecule has 0 spiro atoms. The molecule has 2 aromatic carbocycles. The summed E-state index contributed by atoms with van der Waals surface area (Å²) in [5.41, 5.74) is 7.43. The Bertz CT molecular complexity index is 509. The van der Waals surface area contributed by atoms with Crippen molar-refractivity contribution in [2.24, 2.45) is 5.73 Å². The number of hydrogen-bond donors (Lipinski definition) is 1. The van der Waals surface area contributed by atoms with Gasteiger partial charge in [-0.1, -0.05) is 24.3 Å². The lowest BCUT2D eigenvalue weighted by Crippen LogP contribution is -1.96. The van der Waals surface area contributed by atoms with Crippen molar-refractivity contribution in [1.82, 2.24) is 0 Å². The normalized spacial score (nSPS) is 10.0. The highest BCUT2D eigenvalue weighted by Gasteiger charge is 1.99. The minimum Gasteiger partial charge on any atom is -0.326 e. The predicted octanol–water partition coefficient (Wildman–Crippen LogP) is 2.17. The quantitative estimate of drug-likeness (QED) is 0.734. The van der Waals surface area contributed by atoms with Crippen molar-refractivity contribution in [1.29, 1.82) is 5.26 Å². The van der Waals surface area contributed by atoms with Crippen LogP contribution in [0, 0.1) is 11.3 Å². The van der Waals surface area contributed by atoms with Crippen LogP contribution in [0.15, 0.2) is 36.4 Å². The van der Waals surface area contributed by atoms with E-state index in [1.807, 2.05) is 36.4 Å². The van der Waals surface area contributed by atoms with Gasteiger partial charge in [-0.3, -0.25) is 0 Å². The molecule has 68 valence electrons. The third-order valence-electron chi connectivity index (χ3n) is 2.32. The number of nitrogens with two attached hydrogens (primary N) is 1. The van der Waals surface area contributed by atoms with Crippen molar-refractivity contribution in [3.63, 3.8) is 0 Å². The number of benzene rings is 2. The third-order valence-corrected chi connectivity index (χ3v) is 2.32. The molecule has 0 aromatic heterocycles. The van der Waals surface area contributed by atoms with Crippen LogP contribution in [-0.2, 0) is 6.54 Å². The Labute approximate surface area is 82.6 Å². The maximum atomic E-state index is 8.75. The van der Waals surface area contributed by atoms with Gasteiger partial charge < -0.3 is 5.73 Å². The van der Waals surface area contributed by atoms with Gasteiger partial charge in [0.2, 0.25) is 0 Å². The molecule has 0 fully saturated rings. The lowest BCUT2D eigenvalue weighted by molar-refractivity contribution is 1.09. The summed E-state index contributed by atoms with van der Waals surface area (Å²) in [6, 6.07) is 13.8. The van der Waals surface area contributed by atoms with Crippen LogP contribution in [0.3, 0.4) is 0 Å². The van der Waals surface area contributed by atoms with Crippen molar-refractivity contribution < 1.29 is 0 Å². The molecule has 0 unspecified atom stereocenters. The van der Waals surface area contributed by atoms with Crippen LogP contribution in [0.5, 0.6) is 0 Å². The maximum Gasteiger partial charge on any atom is 0.0991 e. The van der Waals surface area contributed by atoms with E-state index >= 15 is 0 Å². The largest absolute Gasteiger partial charge is 0.326 e. The molecular formula is C12H10N2. The van der Waals surface area contributed by atoms with Gasteiger partial charge in [-0.25, -0.2) is 0 Å². The van der Waals surface area contributed by atoms with Crippen LogP contribution < -0.4 is 5.73 Å². The van der Waals surface area contributed by atoms with Crippen molar-refractivity contribution in [2.75, 3.05) is 0 Å². The molecule has 14 heavy (non-hydrogen) atoms. The van der Waals surface area contributed by atoms with E-state index < -0.39 is 0 Å². The predicted molar refractivity (Wildman–Crippen MR) is 56.6 cm³/mol. The molecule has 0 aliphatic heterocycles. The van der Waals surface area contributed by atoms with Crippen LogP contribution in [0.2, 0.25) is 0 Å². The lowest BCUT2D eigenvalue weighted by Gasteiger charge is -2.03. The van der Waals surface area contributed by atoms with Crippen molar-refractivity contribution in [3.05, 3.63) is 47.5 Å².